The predicted molar refractivity (Wildman–Crippen MR) is 162 cm³/mol. The van der Waals surface area contributed by atoms with E-state index in [1.54, 1.807) is 24.3 Å². The van der Waals surface area contributed by atoms with E-state index in [1.165, 1.54) is 37.2 Å². The number of carbonyl (C=O) groups excluding carboxylic acids is 1. The van der Waals surface area contributed by atoms with Crippen molar-refractivity contribution >= 4 is 28.8 Å². The topological polar surface area (TPSA) is 144 Å². The number of hydrogen-bond acceptors (Lipinski definition) is 10. The lowest BCUT2D eigenvalue weighted by atomic mass is 9.96. The maximum atomic E-state index is 13.8. The zero-order chi connectivity index (χ0) is 31.3. The molecular weight excluding hydrogens is 556 g/mol. The van der Waals surface area contributed by atoms with Gasteiger partial charge in [0.15, 0.2) is 18.2 Å². The number of rotatable bonds is 11. The van der Waals surface area contributed by atoms with Gasteiger partial charge in [-0.25, -0.2) is 9.78 Å². The second-order valence-corrected chi connectivity index (χ2v) is 9.80. The van der Waals surface area contributed by atoms with Gasteiger partial charge in [0.05, 0.1) is 42.9 Å². The number of carbonyl (C=O) groups is 1. The average Bonchev–Trinajstić information content (AvgIpc) is 2.99. The summed E-state index contributed by atoms with van der Waals surface area (Å²) in [7, 11) is 2.48. The number of aromatic nitrogens is 2. The lowest BCUT2D eigenvalue weighted by Crippen LogP contribution is -2.21. The first-order valence-corrected chi connectivity index (χ1v) is 13.5. The summed E-state index contributed by atoms with van der Waals surface area (Å²) in [5, 5.41) is 16.7. The van der Waals surface area contributed by atoms with Crippen molar-refractivity contribution in [3.8, 4) is 28.6 Å². The van der Waals surface area contributed by atoms with Crippen LogP contribution in [0.4, 0.5) is 5.69 Å². The van der Waals surface area contributed by atoms with E-state index in [4.69, 9.17) is 19.2 Å². The molecular formula is C31H32N4O8. The van der Waals surface area contributed by atoms with Gasteiger partial charge in [-0.05, 0) is 61.2 Å². The van der Waals surface area contributed by atoms with E-state index in [-0.39, 0.29) is 23.0 Å². The SMILES string of the molecule is CCOc1cc(C)c(-c2nc3ccccc3c(=O)n2N=Cc2cc(OC)c(OCC(=O)OC)c([N+](=O)[O-])c2)cc1C(C)C. The minimum atomic E-state index is -0.720. The molecule has 43 heavy (non-hydrogen) atoms. The van der Waals surface area contributed by atoms with Crippen LogP contribution in [0.3, 0.4) is 0 Å². The van der Waals surface area contributed by atoms with Gasteiger partial charge in [-0.3, -0.25) is 14.9 Å². The molecule has 0 atom stereocenters. The van der Waals surface area contributed by atoms with Crippen LogP contribution < -0.4 is 19.8 Å². The van der Waals surface area contributed by atoms with Gasteiger partial charge in [-0.15, -0.1) is 0 Å². The number of benzene rings is 3. The molecule has 3 aromatic carbocycles. The van der Waals surface area contributed by atoms with Gasteiger partial charge in [-0.2, -0.15) is 9.78 Å². The number of para-hydroxylation sites is 1. The highest BCUT2D eigenvalue weighted by atomic mass is 16.6. The summed E-state index contributed by atoms with van der Waals surface area (Å²) in [6, 6.07) is 13.5. The summed E-state index contributed by atoms with van der Waals surface area (Å²) in [5.41, 5.74) is 2.31. The zero-order valence-electron chi connectivity index (χ0n) is 24.7. The fourth-order valence-electron chi connectivity index (χ4n) is 4.51. The van der Waals surface area contributed by atoms with Crippen LogP contribution in [0.5, 0.6) is 17.2 Å². The molecule has 0 saturated carbocycles. The summed E-state index contributed by atoms with van der Waals surface area (Å²) >= 11 is 0. The van der Waals surface area contributed by atoms with E-state index in [0.29, 0.717) is 28.9 Å². The molecule has 1 heterocycles. The molecule has 0 spiro atoms. The molecule has 0 unspecified atom stereocenters. The molecule has 1 aromatic heterocycles. The lowest BCUT2D eigenvalue weighted by molar-refractivity contribution is -0.385. The van der Waals surface area contributed by atoms with Crippen molar-refractivity contribution in [2.45, 2.75) is 33.6 Å². The Morgan fingerprint density at radius 2 is 1.86 bits per heavy atom. The van der Waals surface area contributed by atoms with E-state index in [0.717, 1.165) is 16.9 Å². The smallest absolute Gasteiger partial charge is 0.343 e. The first-order chi connectivity index (χ1) is 20.6. The third-order valence-corrected chi connectivity index (χ3v) is 6.63. The van der Waals surface area contributed by atoms with Gasteiger partial charge in [0, 0.05) is 17.2 Å². The molecule has 0 aliphatic heterocycles. The molecule has 0 radical (unpaired) electrons. The van der Waals surface area contributed by atoms with E-state index >= 15 is 0 Å². The fraction of sp³-hybridized carbons (Fsp3) is 0.290. The van der Waals surface area contributed by atoms with Crippen molar-refractivity contribution in [2.75, 3.05) is 27.4 Å². The quantitative estimate of drug-likeness (QED) is 0.0993. The molecule has 224 valence electrons. The van der Waals surface area contributed by atoms with E-state index in [2.05, 4.69) is 23.7 Å². The van der Waals surface area contributed by atoms with Crippen molar-refractivity contribution in [3.63, 3.8) is 0 Å². The number of aryl methyl sites for hydroxylation is 1. The highest BCUT2D eigenvalue weighted by Gasteiger charge is 2.24. The molecule has 0 amide bonds. The molecule has 0 aliphatic carbocycles. The van der Waals surface area contributed by atoms with Crippen molar-refractivity contribution in [2.24, 2.45) is 5.10 Å². The van der Waals surface area contributed by atoms with Crippen molar-refractivity contribution in [1.82, 2.24) is 9.66 Å². The van der Waals surface area contributed by atoms with Gasteiger partial charge in [-0.1, -0.05) is 26.0 Å². The Balaban J connectivity index is 1.92. The summed E-state index contributed by atoms with van der Waals surface area (Å²) < 4.78 is 22.3. The number of nitro benzene ring substituents is 1. The molecule has 0 fully saturated rings. The van der Waals surface area contributed by atoms with Gasteiger partial charge in [0.25, 0.3) is 5.56 Å². The number of fused-ring (bicyclic) bond motifs is 1. The molecule has 0 aliphatic rings. The predicted octanol–water partition coefficient (Wildman–Crippen LogP) is 5.24. The van der Waals surface area contributed by atoms with Crippen LogP contribution in [0.25, 0.3) is 22.3 Å². The van der Waals surface area contributed by atoms with E-state index in [1.807, 2.05) is 26.0 Å². The maximum absolute atomic E-state index is 13.8. The minimum absolute atomic E-state index is 0.00677. The molecule has 12 heteroatoms. The van der Waals surface area contributed by atoms with E-state index in [9.17, 15) is 19.7 Å². The second kappa shape index (κ2) is 13.1. The van der Waals surface area contributed by atoms with Crippen LogP contribution in [-0.4, -0.2) is 54.2 Å². The Kier molecular flexibility index (Phi) is 9.39. The van der Waals surface area contributed by atoms with Gasteiger partial charge in [0.1, 0.15) is 5.75 Å². The summed E-state index contributed by atoms with van der Waals surface area (Å²) in [6.45, 7) is 7.87. The Labute approximate surface area is 247 Å². The number of methoxy groups -OCH3 is 2. The van der Waals surface area contributed by atoms with Crippen LogP contribution in [0.2, 0.25) is 0 Å². The van der Waals surface area contributed by atoms with Crippen LogP contribution in [0, 0.1) is 17.0 Å². The third kappa shape index (κ3) is 6.48. The molecule has 0 saturated heterocycles. The van der Waals surface area contributed by atoms with Crippen LogP contribution >= 0.6 is 0 Å². The highest BCUT2D eigenvalue weighted by molar-refractivity contribution is 5.85. The van der Waals surface area contributed by atoms with Gasteiger partial charge < -0.3 is 18.9 Å². The first kappa shape index (κ1) is 30.7. The monoisotopic (exact) mass is 588 g/mol. The van der Waals surface area contributed by atoms with Gasteiger partial charge in [0.2, 0.25) is 5.75 Å². The van der Waals surface area contributed by atoms with Crippen LogP contribution in [-0.2, 0) is 9.53 Å². The fourth-order valence-corrected chi connectivity index (χ4v) is 4.51. The number of hydrogen-bond donors (Lipinski definition) is 0. The normalized spacial score (nSPS) is 11.2. The highest BCUT2D eigenvalue weighted by Crippen LogP contribution is 2.38. The van der Waals surface area contributed by atoms with Crippen molar-refractivity contribution in [3.05, 3.63) is 85.7 Å². The first-order valence-electron chi connectivity index (χ1n) is 13.5. The Bertz CT molecular complexity index is 1780. The molecule has 4 rings (SSSR count). The largest absolute Gasteiger partial charge is 0.494 e. The van der Waals surface area contributed by atoms with Crippen LogP contribution in [0.15, 0.2) is 58.4 Å². The maximum Gasteiger partial charge on any atom is 0.343 e. The Hall–Kier alpha value is -5.26. The van der Waals surface area contributed by atoms with Crippen LogP contribution in [0.1, 0.15) is 43.4 Å². The van der Waals surface area contributed by atoms with Gasteiger partial charge >= 0.3 is 11.7 Å². The molecule has 0 N–H and O–H groups in total. The summed E-state index contributed by atoms with van der Waals surface area (Å²) in [6.07, 6.45) is 1.30. The average molecular weight is 589 g/mol. The third-order valence-electron chi connectivity index (χ3n) is 6.63. The number of esters is 1. The standard InChI is InChI=1S/C31H32N4O8/c1-7-42-26-12-19(4)23(15-22(26)18(2)3)30-33-24-11-9-8-10-21(24)31(37)34(30)32-16-20-13-25(35(38)39)29(27(14-20)40-5)43-17-28(36)41-6/h8-16,18H,7,17H2,1-6H3. The molecule has 0 bridgehead atoms. The minimum Gasteiger partial charge on any atom is -0.494 e. The molecule has 4 aromatic rings. The summed E-state index contributed by atoms with van der Waals surface area (Å²) in [5.74, 6) is 0.202. The Morgan fingerprint density at radius 1 is 1.12 bits per heavy atom. The number of nitrogens with zero attached hydrogens (tertiary/aromatic N) is 4. The number of nitro groups is 1. The second-order valence-electron chi connectivity index (χ2n) is 9.80. The van der Waals surface area contributed by atoms with E-state index < -0.39 is 28.7 Å². The summed E-state index contributed by atoms with van der Waals surface area (Å²) in [4.78, 5) is 41.4. The Morgan fingerprint density at radius 3 is 2.51 bits per heavy atom. The van der Waals surface area contributed by atoms with Crippen molar-refractivity contribution in [1.29, 1.82) is 0 Å². The lowest BCUT2D eigenvalue weighted by Gasteiger charge is -2.18. The van der Waals surface area contributed by atoms with Crippen molar-refractivity contribution < 1.29 is 28.7 Å². The zero-order valence-corrected chi connectivity index (χ0v) is 24.7. The number of ether oxygens (including phenoxy) is 4. The molecule has 12 nitrogen and oxygen atoms in total.